The molecule has 27 heavy (non-hydrogen) atoms. The number of piperidine rings is 1. The maximum Gasteiger partial charge on any atom is 0.298 e. The van der Waals surface area contributed by atoms with Crippen molar-refractivity contribution in [2.45, 2.75) is 12.8 Å². The summed E-state index contributed by atoms with van der Waals surface area (Å²) in [6.07, 6.45) is 4.35. The number of para-hydroxylation sites is 2. The number of hydrogen-bond donors (Lipinski definition) is 2. The van der Waals surface area contributed by atoms with Gasteiger partial charge in [0.2, 0.25) is 5.91 Å². The zero-order valence-electron chi connectivity index (χ0n) is 14.6. The minimum atomic E-state index is -0.389. The molecule has 0 unspecified atom stereocenters. The van der Waals surface area contributed by atoms with Crippen LogP contribution in [0.25, 0.3) is 11.1 Å². The molecule has 2 N–H and O–H groups in total. The molecule has 1 aliphatic rings. The van der Waals surface area contributed by atoms with Gasteiger partial charge in [0.15, 0.2) is 5.58 Å². The standard InChI is InChI=1S/C19H19N5O3/c25-17(22-23-18(26)14-4-3-9-20-12-14)13-7-10-24(11-8-13)19-21-15-5-1-2-6-16(15)27-19/h1-6,9,12-13H,7-8,10-11H2,(H,22,25)(H,23,26). The number of rotatable bonds is 3. The molecule has 1 saturated heterocycles. The Bertz CT molecular complexity index is 915. The summed E-state index contributed by atoms with van der Waals surface area (Å²) in [5, 5.41) is 0. The van der Waals surface area contributed by atoms with Gasteiger partial charge in [0, 0.05) is 31.4 Å². The van der Waals surface area contributed by atoms with Crippen LogP contribution in [0.3, 0.4) is 0 Å². The topological polar surface area (TPSA) is 100 Å². The lowest BCUT2D eigenvalue weighted by Crippen LogP contribution is -2.47. The molecule has 2 aromatic heterocycles. The summed E-state index contributed by atoms with van der Waals surface area (Å²) in [6.45, 7) is 1.34. The average molecular weight is 365 g/mol. The predicted octanol–water partition coefficient (Wildman–Crippen LogP) is 1.90. The number of hydrazine groups is 1. The van der Waals surface area contributed by atoms with Crippen LogP contribution in [0.4, 0.5) is 6.01 Å². The Labute approximate surface area is 155 Å². The van der Waals surface area contributed by atoms with E-state index in [9.17, 15) is 9.59 Å². The highest BCUT2D eigenvalue weighted by Crippen LogP contribution is 2.26. The third-order valence-electron chi connectivity index (χ3n) is 4.64. The number of pyridine rings is 1. The highest BCUT2D eigenvalue weighted by molar-refractivity contribution is 5.95. The van der Waals surface area contributed by atoms with Crippen LogP contribution in [0.15, 0.2) is 53.2 Å². The predicted molar refractivity (Wildman–Crippen MR) is 98.8 cm³/mol. The number of amides is 2. The highest BCUT2D eigenvalue weighted by atomic mass is 16.4. The van der Waals surface area contributed by atoms with Gasteiger partial charge in [-0.1, -0.05) is 12.1 Å². The third-order valence-corrected chi connectivity index (χ3v) is 4.64. The van der Waals surface area contributed by atoms with Gasteiger partial charge < -0.3 is 9.32 Å². The number of oxazole rings is 1. The molecule has 8 nitrogen and oxygen atoms in total. The lowest BCUT2D eigenvalue weighted by molar-refractivity contribution is -0.126. The second kappa shape index (κ2) is 7.45. The number of carbonyl (C=O) groups excluding carboxylic acids is 2. The van der Waals surface area contributed by atoms with E-state index < -0.39 is 0 Å². The SMILES string of the molecule is O=C(NNC(=O)C1CCN(c2nc3ccccc3o2)CC1)c1cccnc1. The van der Waals surface area contributed by atoms with Crippen molar-refractivity contribution in [2.24, 2.45) is 5.92 Å². The van der Waals surface area contributed by atoms with Gasteiger partial charge in [0.1, 0.15) is 5.52 Å². The van der Waals surface area contributed by atoms with E-state index in [-0.39, 0.29) is 17.7 Å². The van der Waals surface area contributed by atoms with Crippen LogP contribution >= 0.6 is 0 Å². The Kier molecular flexibility index (Phi) is 4.69. The van der Waals surface area contributed by atoms with E-state index in [1.54, 1.807) is 18.3 Å². The van der Waals surface area contributed by atoms with Crippen molar-refractivity contribution in [1.82, 2.24) is 20.8 Å². The van der Waals surface area contributed by atoms with Crippen molar-refractivity contribution < 1.29 is 14.0 Å². The summed E-state index contributed by atoms with van der Waals surface area (Å²) in [5.74, 6) is -0.746. The zero-order chi connectivity index (χ0) is 18.6. The first-order valence-electron chi connectivity index (χ1n) is 8.81. The van der Waals surface area contributed by atoms with Crippen LogP contribution in [0, 0.1) is 5.92 Å². The molecule has 1 fully saturated rings. The fraction of sp³-hybridized carbons (Fsp3) is 0.263. The number of anilines is 1. The average Bonchev–Trinajstić information content (AvgIpc) is 3.17. The summed E-state index contributed by atoms with van der Waals surface area (Å²) in [5.41, 5.74) is 6.91. The quantitative estimate of drug-likeness (QED) is 0.688. The van der Waals surface area contributed by atoms with Gasteiger partial charge in [-0.15, -0.1) is 0 Å². The molecule has 1 aromatic carbocycles. The Morgan fingerprint density at radius 1 is 1.07 bits per heavy atom. The molecule has 0 bridgehead atoms. The molecule has 0 aliphatic carbocycles. The molecule has 1 aliphatic heterocycles. The first-order valence-corrected chi connectivity index (χ1v) is 8.81. The maximum absolute atomic E-state index is 12.3. The fourth-order valence-electron chi connectivity index (χ4n) is 3.12. The first kappa shape index (κ1) is 17.0. The van der Waals surface area contributed by atoms with E-state index in [4.69, 9.17) is 4.42 Å². The molecule has 0 atom stereocenters. The molecule has 0 saturated carbocycles. The molecule has 8 heteroatoms. The van der Waals surface area contributed by atoms with E-state index in [0.717, 1.165) is 11.1 Å². The molecule has 3 aromatic rings. The minimum absolute atomic E-state index is 0.167. The Morgan fingerprint density at radius 3 is 2.63 bits per heavy atom. The molecular formula is C19H19N5O3. The first-order chi connectivity index (χ1) is 13.2. The smallest absolute Gasteiger partial charge is 0.298 e. The fourth-order valence-corrected chi connectivity index (χ4v) is 3.12. The Balaban J connectivity index is 1.29. The number of nitrogens with one attached hydrogen (secondary N) is 2. The number of carbonyl (C=O) groups is 2. The molecule has 4 rings (SSSR count). The van der Waals surface area contributed by atoms with Crippen molar-refractivity contribution in [3.63, 3.8) is 0 Å². The Morgan fingerprint density at radius 2 is 1.89 bits per heavy atom. The van der Waals surface area contributed by atoms with Gasteiger partial charge in [-0.05, 0) is 37.1 Å². The number of nitrogens with zero attached hydrogens (tertiary/aromatic N) is 3. The van der Waals surface area contributed by atoms with E-state index in [0.29, 0.717) is 37.5 Å². The summed E-state index contributed by atoms with van der Waals surface area (Å²) in [7, 11) is 0. The van der Waals surface area contributed by atoms with Crippen LogP contribution < -0.4 is 15.8 Å². The third kappa shape index (κ3) is 3.74. The van der Waals surface area contributed by atoms with Gasteiger partial charge in [-0.2, -0.15) is 4.98 Å². The largest absolute Gasteiger partial charge is 0.423 e. The van der Waals surface area contributed by atoms with Gasteiger partial charge >= 0.3 is 0 Å². The zero-order valence-corrected chi connectivity index (χ0v) is 14.6. The van der Waals surface area contributed by atoms with Crippen molar-refractivity contribution in [3.05, 3.63) is 54.4 Å². The molecule has 2 amide bonds. The van der Waals surface area contributed by atoms with Crippen molar-refractivity contribution in [2.75, 3.05) is 18.0 Å². The molecule has 0 spiro atoms. The lowest BCUT2D eigenvalue weighted by Gasteiger charge is -2.30. The van der Waals surface area contributed by atoms with Crippen molar-refractivity contribution in [1.29, 1.82) is 0 Å². The van der Waals surface area contributed by atoms with Gasteiger partial charge in [-0.25, -0.2) is 0 Å². The van der Waals surface area contributed by atoms with Gasteiger partial charge in [0.05, 0.1) is 5.56 Å². The Hall–Kier alpha value is -3.42. The van der Waals surface area contributed by atoms with E-state index >= 15 is 0 Å². The number of hydrogen-bond acceptors (Lipinski definition) is 6. The van der Waals surface area contributed by atoms with Crippen LogP contribution in [-0.4, -0.2) is 34.9 Å². The lowest BCUT2D eigenvalue weighted by atomic mass is 9.96. The van der Waals surface area contributed by atoms with E-state index in [2.05, 4.69) is 20.8 Å². The summed E-state index contributed by atoms with van der Waals surface area (Å²) >= 11 is 0. The van der Waals surface area contributed by atoms with Crippen LogP contribution in [0.5, 0.6) is 0 Å². The van der Waals surface area contributed by atoms with Gasteiger partial charge in [-0.3, -0.25) is 25.4 Å². The summed E-state index contributed by atoms with van der Waals surface area (Å²) in [6, 6.07) is 11.5. The van der Waals surface area contributed by atoms with Gasteiger partial charge in [0.25, 0.3) is 11.9 Å². The minimum Gasteiger partial charge on any atom is -0.423 e. The van der Waals surface area contributed by atoms with Crippen LogP contribution in [0.1, 0.15) is 23.2 Å². The van der Waals surface area contributed by atoms with Crippen LogP contribution in [-0.2, 0) is 4.79 Å². The second-order valence-corrected chi connectivity index (χ2v) is 6.41. The normalized spacial score (nSPS) is 14.9. The number of aromatic nitrogens is 2. The van der Waals surface area contributed by atoms with E-state index in [1.807, 2.05) is 29.2 Å². The van der Waals surface area contributed by atoms with Crippen molar-refractivity contribution >= 4 is 28.9 Å². The number of benzene rings is 1. The van der Waals surface area contributed by atoms with Crippen LogP contribution in [0.2, 0.25) is 0 Å². The second-order valence-electron chi connectivity index (χ2n) is 6.41. The summed E-state index contributed by atoms with van der Waals surface area (Å²) in [4.78, 5) is 34.7. The summed E-state index contributed by atoms with van der Waals surface area (Å²) < 4.78 is 5.78. The van der Waals surface area contributed by atoms with E-state index in [1.165, 1.54) is 6.20 Å². The molecule has 0 radical (unpaired) electrons. The molecular weight excluding hydrogens is 346 g/mol. The maximum atomic E-state index is 12.3. The highest BCUT2D eigenvalue weighted by Gasteiger charge is 2.27. The number of fused-ring (bicyclic) bond motifs is 1. The van der Waals surface area contributed by atoms with Crippen molar-refractivity contribution in [3.8, 4) is 0 Å². The molecule has 3 heterocycles. The monoisotopic (exact) mass is 365 g/mol. The molecule has 138 valence electrons.